The van der Waals surface area contributed by atoms with Gasteiger partial charge in [0.2, 0.25) is 0 Å². The second kappa shape index (κ2) is 8.13. The van der Waals surface area contributed by atoms with Crippen molar-refractivity contribution in [3.05, 3.63) is 30.6 Å². The van der Waals surface area contributed by atoms with Crippen molar-refractivity contribution in [3.63, 3.8) is 0 Å². The lowest BCUT2D eigenvalue weighted by atomic mass is 10.1. The van der Waals surface area contributed by atoms with Crippen LogP contribution in [0.2, 0.25) is 0 Å². The molecule has 6 heteroatoms. The molecule has 0 amide bonds. The van der Waals surface area contributed by atoms with Crippen molar-refractivity contribution < 1.29 is 0 Å². The van der Waals surface area contributed by atoms with Crippen molar-refractivity contribution in [2.75, 3.05) is 29.9 Å². The smallest absolute Gasteiger partial charge is 0.134 e. The Bertz CT molecular complexity index is 630. The van der Waals surface area contributed by atoms with Crippen LogP contribution in [0.5, 0.6) is 0 Å². The van der Waals surface area contributed by atoms with Crippen molar-refractivity contribution in [3.8, 4) is 0 Å². The molecule has 0 aromatic carbocycles. The second-order valence-corrected chi connectivity index (χ2v) is 6.72. The number of aryl methyl sites for hydroxylation is 1. The Labute approximate surface area is 144 Å². The summed E-state index contributed by atoms with van der Waals surface area (Å²) in [6, 6.07) is 2.07. The van der Waals surface area contributed by atoms with E-state index < -0.39 is 0 Å². The van der Waals surface area contributed by atoms with Gasteiger partial charge in [-0.25, -0.2) is 15.0 Å². The van der Waals surface area contributed by atoms with Crippen LogP contribution in [0.15, 0.2) is 24.8 Å². The summed E-state index contributed by atoms with van der Waals surface area (Å²) in [6.45, 7) is 8.45. The maximum atomic E-state index is 4.43. The second-order valence-electron chi connectivity index (χ2n) is 6.72. The molecule has 130 valence electrons. The van der Waals surface area contributed by atoms with Gasteiger partial charge in [-0.15, -0.1) is 0 Å². The number of hydrogen-bond acceptors (Lipinski definition) is 5. The quantitative estimate of drug-likeness (QED) is 0.790. The molecule has 6 nitrogen and oxygen atoms in total. The molecule has 0 atom stereocenters. The fourth-order valence-corrected chi connectivity index (χ4v) is 3.22. The highest BCUT2D eigenvalue weighted by molar-refractivity contribution is 5.48. The third kappa shape index (κ3) is 4.24. The lowest BCUT2D eigenvalue weighted by molar-refractivity contribution is 0.573. The molecule has 2 aromatic heterocycles. The normalized spacial score (nSPS) is 15.0. The standard InChI is InChI=1S/C18H28N6/c1-15(2)18-20-8-12-24(18)11-6-7-19-16-13-17(22-14-21-16)23-9-4-3-5-10-23/h8,12-15H,3-7,9-11H2,1-2H3,(H,19,21,22). The number of rotatable bonds is 7. The zero-order valence-corrected chi connectivity index (χ0v) is 14.8. The lowest BCUT2D eigenvalue weighted by Crippen LogP contribution is -2.30. The maximum absolute atomic E-state index is 4.43. The van der Waals surface area contributed by atoms with Gasteiger partial charge in [0.05, 0.1) is 0 Å². The number of aromatic nitrogens is 4. The third-order valence-electron chi connectivity index (χ3n) is 4.48. The minimum absolute atomic E-state index is 0.460. The minimum Gasteiger partial charge on any atom is -0.370 e. The monoisotopic (exact) mass is 328 g/mol. The molecular formula is C18H28N6. The van der Waals surface area contributed by atoms with Crippen LogP contribution >= 0.6 is 0 Å². The number of anilines is 2. The van der Waals surface area contributed by atoms with Gasteiger partial charge in [-0.2, -0.15) is 0 Å². The van der Waals surface area contributed by atoms with Crippen LogP contribution in [0.4, 0.5) is 11.6 Å². The van der Waals surface area contributed by atoms with E-state index in [9.17, 15) is 0 Å². The number of nitrogens with zero attached hydrogens (tertiary/aromatic N) is 5. The van der Waals surface area contributed by atoms with Crippen LogP contribution in [0, 0.1) is 0 Å². The van der Waals surface area contributed by atoms with E-state index in [0.29, 0.717) is 5.92 Å². The van der Waals surface area contributed by atoms with Gasteiger partial charge in [0.25, 0.3) is 0 Å². The topological polar surface area (TPSA) is 58.9 Å². The van der Waals surface area contributed by atoms with Gasteiger partial charge in [0, 0.05) is 50.6 Å². The number of piperidine rings is 1. The van der Waals surface area contributed by atoms with Crippen LogP contribution in [0.25, 0.3) is 0 Å². The molecule has 1 N–H and O–H groups in total. The summed E-state index contributed by atoms with van der Waals surface area (Å²) in [5.41, 5.74) is 0. The Hall–Kier alpha value is -2.11. The van der Waals surface area contributed by atoms with Crippen LogP contribution in [0.3, 0.4) is 0 Å². The first kappa shape index (κ1) is 16.7. The van der Waals surface area contributed by atoms with Gasteiger partial charge < -0.3 is 14.8 Å². The summed E-state index contributed by atoms with van der Waals surface area (Å²) in [4.78, 5) is 15.6. The predicted octanol–water partition coefficient (Wildman–Crippen LogP) is 3.29. The Kier molecular flexibility index (Phi) is 5.67. The Morgan fingerprint density at radius 1 is 1.12 bits per heavy atom. The number of hydrogen-bond donors (Lipinski definition) is 1. The van der Waals surface area contributed by atoms with Crippen molar-refractivity contribution in [1.82, 2.24) is 19.5 Å². The Morgan fingerprint density at radius 2 is 1.96 bits per heavy atom. The minimum atomic E-state index is 0.460. The van der Waals surface area contributed by atoms with Crippen molar-refractivity contribution in [2.24, 2.45) is 0 Å². The highest BCUT2D eigenvalue weighted by Crippen LogP contribution is 2.19. The maximum Gasteiger partial charge on any atom is 0.134 e. The van der Waals surface area contributed by atoms with Crippen LogP contribution in [-0.2, 0) is 6.54 Å². The molecule has 3 heterocycles. The van der Waals surface area contributed by atoms with Gasteiger partial charge >= 0.3 is 0 Å². The molecule has 1 aliphatic heterocycles. The summed E-state index contributed by atoms with van der Waals surface area (Å²) in [6.07, 6.45) is 10.5. The Balaban J connectivity index is 1.49. The van der Waals surface area contributed by atoms with Crippen molar-refractivity contribution in [2.45, 2.75) is 52.0 Å². The number of imidazole rings is 1. The van der Waals surface area contributed by atoms with Crippen LogP contribution < -0.4 is 10.2 Å². The fraction of sp³-hybridized carbons (Fsp3) is 0.611. The van der Waals surface area contributed by atoms with E-state index in [0.717, 1.165) is 50.1 Å². The van der Waals surface area contributed by atoms with E-state index >= 15 is 0 Å². The summed E-state index contributed by atoms with van der Waals surface area (Å²) in [7, 11) is 0. The summed E-state index contributed by atoms with van der Waals surface area (Å²) in [5.74, 6) is 3.58. The molecule has 0 saturated carbocycles. The molecule has 24 heavy (non-hydrogen) atoms. The van der Waals surface area contributed by atoms with Gasteiger partial charge in [-0.3, -0.25) is 0 Å². The molecule has 1 saturated heterocycles. The van der Waals surface area contributed by atoms with E-state index in [1.165, 1.54) is 19.3 Å². The highest BCUT2D eigenvalue weighted by Gasteiger charge is 2.12. The van der Waals surface area contributed by atoms with Crippen molar-refractivity contribution in [1.29, 1.82) is 0 Å². The molecule has 0 radical (unpaired) electrons. The SMILES string of the molecule is CC(C)c1nccn1CCCNc1cc(N2CCCCC2)ncn1. The Morgan fingerprint density at radius 3 is 2.75 bits per heavy atom. The first-order valence-electron chi connectivity index (χ1n) is 9.06. The lowest BCUT2D eigenvalue weighted by Gasteiger charge is -2.27. The first-order chi connectivity index (χ1) is 11.7. The molecule has 0 aliphatic carbocycles. The predicted molar refractivity (Wildman–Crippen MR) is 97.5 cm³/mol. The van der Waals surface area contributed by atoms with Crippen LogP contribution in [-0.4, -0.2) is 39.2 Å². The van der Waals surface area contributed by atoms with E-state index in [1.807, 2.05) is 6.20 Å². The zero-order chi connectivity index (χ0) is 16.8. The number of nitrogens with one attached hydrogen (secondary N) is 1. The van der Waals surface area contributed by atoms with E-state index in [4.69, 9.17) is 0 Å². The zero-order valence-electron chi connectivity index (χ0n) is 14.8. The summed E-state index contributed by atoms with van der Waals surface area (Å²) >= 11 is 0. The third-order valence-corrected chi connectivity index (χ3v) is 4.48. The molecular weight excluding hydrogens is 300 g/mol. The molecule has 2 aromatic rings. The highest BCUT2D eigenvalue weighted by atomic mass is 15.2. The molecule has 0 spiro atoms. The van der Waals surface area contributed by atoms with Crippen molar-refractivity contribution >= 4 is 11.6 Å². The summed E-state index contributed by atoms with van der Waals surface area (Å²) < 4.78 is 2.24. The molecule has 3 rings (SSSR count). The van der Waals surface area contributed by atoms with E-state index in [2.05, 4.69) is 55.8 Å². The van der Waals surface area contributed by atoms with E-state index in [-0.39, 0.29) is 0 Å². The average Bonchev–Trinajstić information content (AvgIpc) is 3.09. The largest absolute Gasteiger partial charge is 0.370 e. The van der Waals surface area contributed by atoms with Gasteiger partial charge in [-0.05, 0) is 25.7 Å². The summed E-state index contributed by atoms with van der Waals surface area (Å²) in [5, 5.41) is 3.42. The van der Waals surface area contributed by atoms with Crippen LogP contribution in [0.1, 0.15) is 51.3 Å². The fourth-order valence-electron chi connectivity index (χ4n) is 3.22. The van der Waals surface area contributed by atoms with Gasteiger partial charge in [0.15, 0.2) is 0 Å². The molecule has 0 unspecified atom stereocenters. The van der Waals surface area contributed by atoms with Gasteiger partial charge in [0.1, 0.15) is 23.8 Å². The van der Waals surface area contributed by atoms with E-state index in [1.54, 1.807) is 6.33 Å². The van der Waals surface area contributed by atoms with Gasteiger partial charge in [-0.1, -0.05) is 13.8 Å². The molecule has 1 fully saturated rings. The molecule has 0 bridgehead atoms. The first-order valence-corrected chi connectivity index (χ1v) is 9.06. The average molecular weight is 328 g/mol. The molecule has 1 aliphatic rings.